The molecule has 7 heteroatoms. The third-order valence-corrected chi connectivity index (χ3v) is 5.54. The van der Waals surface area contributed by atoms with E-state index >= 15 is 0 Å². The molecule has 0 radical (unpaired) electrons. The zero-order valence-corrected chi connectivity index (χ0v) is 19.9. The molecular formula is C28H27NO6. The van der Waals surface area contributed by atoms with Gasteiger partial charge in [0.2, 0.25) is 0 Å². The van der Waals surface area contributed by atoms with Gasteiger partial charge in [-0.25, -0.2) is 4.79 Å². The molecule has 0 bridgehead atoms. The van der Waals surface area contributed by atoms with Gasteiger partial charge in [0.05, 0.1) is 5.56 Å². The van der Waals surface area contributed by atoms with Crippen molar-refractivity contribution in [1.82, 2.24) is 0 Å². The smallest absolute Gasteiger partial charge is 0.339 e. The van der Waals surface area contributed by atoms with E-state index in [-0.39, 0.29) is 22.3 Å². The minimum Gasteiger partial charge on any atom is -0.486 e. The molecule has 0 spiro atoms. The van der Waals surface area contributed by atoms with Crippen LogP contribution < -0.4 is 14.8 Å². The molecule has 7 nitrogen and oxygen atoms in total. The summed E-state index contributed by atoms with van der Waals surface area (Å²) in [5, 5.41) is 2.81. The number of fused-ring (bicyclic) bond motifs is 1. The van der Waals surface area contributed by atoms with Crippen molar-refractivity contribution in [2.24, 2.45) is 0 Å². The predicted octanol–water partition coefficient (Wildman–Crippen LogP) is 4.78. The molecule has 3 aromatic carbocycles. The molecule has 0 fully saturated rings. The summed E-state index contributed by atoms with van der Waals surface area (Å²) in [7, 11) is 0. The monoisotopic (exact) mass is 473 g/mol. The quantitative estimate of drug-likeness (QED) is 0.409. The normalized spacial score (nSPS) is 12.5. The van der Waals surface area contributed by atoms with Gasteiger partial charge in [-0.15, -0.1) is 0 Å². The molecule has 1 heterocycles. The summed E-state index contributed by atoms with van der Waals surface area (Å²) >= 11 is 0. The lowest BCUT2D eigenvalue weighted by Gasteiger charge is -2.23. The van der Waals surface area contributed by atoms with Crippen molar-refractivity contribution in [1.29, 1.82) is 0 Å². The van der Waals surface area contributed by atoms with E-state index in [1.54, 1.807) is 36.4 Å². The zero-order chi connectivity index (χ0) is 25.0. The van der Waals surface area contributed by atoms with Crippen LogP contribution in [0.15, 0.2) is 66.7 Å². The van der Waals surface area contributed by atoms with Gasteiger partial charge in [-0.3, -0.25) is 9.59 Å². The van der Waals surface area contributed by atoms with Crippen LogP contribution in [0.5, 0.6) is 11.5 Å². The number of ether oxygens (including phenoxy) is 3. The molecule has 4 rings (SSSR count). The Morgan fingerprint density at radius 2 is 1.51 bits per heavy atom. The second kappa shape index (κ2) is 10.0. The number of hydrogen-bond acceptors (Lipinski definition) is 6. The third-order valence-electron chi connectivity index (χ3n) is 5.54. The number of hydrogen-bond donors (Lipinski definition) is 1. The molecule has 0 saturated carbocycles. The maximum absolute atomic E-state index is 13.2. The summed E-state index contributed by atoms with van der Waals surface area (Å²) in [6.45, 7) is 6.51. The van der Waals surface area contributed by atoms with Crippen LogP contribution in [-0.4, -0.2) is 37.5 Å². The number of benzene rings is 3. The Bertz CT molecular complexity index is 1270. The number of esters is 1. The number of carbonyl (C=O) groups excluding carboxylic acids is 3. The molecule has 35 heavy (non-hydrogen) atoms. The van der Waals surface area contributed by atoms with Gasteiger partial charge in [-0.05, 0) is 41.3 Å². The minimum absolute atomic E-state index is 0.0790. The Hall–Kier alpha value is -4.13. The molecule has 1 aliphatic heterocycles. The van der Waals surface area contributed by atoms with Crippen molar-refractivity contribution >= 4 is 23.3 Å². The van der Waals surface area contributed by atoms with Gasteiger partial charge < -0.3 is 19.5 Å². The number of ketones is 1. The lowest BCUT2D eigenvalue weighted by atomic mass is 9.86. The highest BCUT2D eigenvalue weighted by atomic mass is 16.6. The van der Waals surface area contributed by atoms with Crippen LogP contribution in [0.1, 0.15) is 52.6 Å². The van der Waals surface area contributed by atoms with Gasteiger partial charge in [0.1, 0.15) is 13.2 Å². The summed E-state index contributed by atoms with van der Waals surface area (Å²) in [6.07, 6.45) is 0. The van der Waals surface area contributed by atoms with E-state index in [1.165, 1.54) is 6.07 Å². The van der Waals surface area contributed by atoms with E-state index < -0.39 is 18.5 Å². The Labute approximate surface area is 204 Å². The maximum atomic E-state index is 13.2. The van der Waals surface area contributed by atoms with Crippen molar-refractivity contribution in [3.8, 4) is 11.5 Å². The van der Waals surface area contributed by atoms with E-state index in [1.807, 2.05) is 45.0 Å². The SMILES string of the molecule is CC(C)(C)c1ccccc1NC(=O)COC(=O)c1ccccc1C(=O)c1ccc2c(c1)OCCO2. The lowest BCUT2D eigenvalue weighted by Crippen LogP contribution is -2.24. The van der Waals surface area contributed by atoms with Crippen molar-refractivity contribution in [3.63, 3.8) is 0 Å². The molecule has 1 amide bonds. The minimum atomic E-state index is -0.759. The standard InChI is InChI=1S/C28H27NO6/c1-28(2,3)21-10-6-7-11-22(21)29-25(30)17-35-27(32)20-9-5-4-8-19(20)26(31)18-12-13-23-24(16-18)34-15-14-33-23/h4-13,16H,14-15,17H2,1-3H3,(H,29,30). The van der Waals surface area contributed by atoms with Crippen molar-refractivity contribution in [3.05, 3.63) is 89.0 Å². The van der Waals surface area contributed by atoms with Gasteiger partial charge in [-0.1, -0.05) is 57.2 Å². The van der Waals surface area contributed by atoms with E-state index in [0.717, 1.165) is 5.56 Å². The molecule has 0 atom stereocenters. The molecule has 0 aliphatic carbocycles. The second-order valence-corrected chi connectivity index (χ2v) is 9.15. The molecule has 0 unspecified atom stereocenters. The first-order chi connectivity index (χ1) is 16.7. The fourth-order valence-electron chi connectivity index (χ4n) is 3.84. The summed E-state index contributed by atoms with van der Waals surface area (Å²) in [5.74, 6) is -0.538. The van der Waals surface area contributed by atoms with E-state index in [2.05, 4.69) is 5.32 Å². The van der Waals surface area contributed by atoms with E-state index in [9.17, 15) is 14.4 Å². The van der Waals surface area contributed by atoms with Crippen LogP contribution in [0.2, 0.25) is 0 Å². The van der Waals surface area contributed by atoms with Crippen LogP contribution in [0.3, 0.4) is 0 Å². The number of rotatable bonds is 6. The highest BCUT2D eigenvalue weighted by Crippen LogP contribution is 2.32. The molecular weight excluding hydrogens is 446 g/mol. The summed E-state index contributed by atoms with van der Waals surface area (Å²) in [5.41, 5.74) is 2.06. The van der Waals surface area contributed by atoms with E-state index in [4.69, 9.17) is 14.2 Å². The summed E-state index contributed by atoms with van der Waals surface area (Å²) in [4.78, 5) is 38.5. The Kier molecular flexibility index (Phi) is 6.87. The fraction of sp³-hybridized carbons (Fsp3) is 0.250. The number of anilines is 1. The van der Waals surface area contributed by atoms with Gasteiger partial charge >= 0.3 is 5.97 Å². The Morgan fingerprint density at radius 3 is 2.26 bits per heavy atom. The van der Waals surface area contributed by atoms with E-state index in [0.29, 0.717) is 36.0 Å². The lowest BCUT2D eigenvalue weighted by molar-refractivity contribution is -0.119. The van der Waals surface area contributed by atoms with Crippen LogP contribution in [0.25, 0.3) is 0 Å². The first-order valence-electron chi connectivity index (χ1n) is 11.3. The van der Waals surface area contributed by atoms with Gasteiger partial charge in [0.25, 0.3) is 5.91 Å². The number of nitrogens with one attached hydrogen (secondary N) is 1. The van der Waals surface area contributed by atoms with Gasteiger partial charge in [-0.2, -0.15) is 0 Å². The Morgan fingerprint density at radius 1 is 0.857 bits per heavy atom. The average molecular weight is 474 g/mol. The molecule has 3 aromatic rings. The topological polar surface area (TPSA) is 90.9 Å². The first kappa shape index (κ1) is 24.0. The van der Waals surface area contributed by atoms with Crippen molar-refractivity contribution in [2.75, 3.05) is 25.1 Å². The molecule has 180 valence electrons. The number of carbonyl (C=O) groups is 3. The Balaban J connectivity index is 1.46. The average Bonchev–Trinajstić information content (AvgIpc) is 2.86. The second-order valence-electron chi connectivity index (χ2n) is 9.15. The molecule has 1 N–H and O–H groups in total. The fourth-order valence-corrected chi connectivity index (χ4v) is 3.84. The molecule has 1 aliphatic rings. The van der Waals surface area contributed by atoms with Crippen molar-refractivity contribution in [2.45, 2.75) is 26.2 Å². The highest BCUT2D eigenvalue weighted by Gasteiger charge is 2.23. The number of amides is 1. The summed E-state index contributed by atoms with van der Waals surface area (Å²) in [6, 6.07) is 18.7. The van der Waals surface area contributed by atoms with Crippen molar-refractivity contribution < 1.29 is 28.6 Å². The largest absolute Gasteiger partial charge is 0.486 e. The first-order valence-corrected chi connectivity index (χ1v) is 11.3. The molecule has 0 aromatic heterocycles. The highest BCUT2D eigenvalue weighted by molar-refractivity contribution is 6.14. The van der Waals surface area contributed by atoms with Crippen LogP contribution in [0, 0.1) is 0 Å². The third kappa shape index (κ3) is 5.51. The predicted molar refractivity (Wildman–Crippen MR) is 131 cm³/mol. The summed E-state index contributed by atoms with van der Waals surface area (Å²) < 4.78 is 16.3. The molecule has 0 saturated heterocycles. The van der Waals surface area contributed by atoms with Gasteiger partial charge in [0, 0.05) is 16.8 Å². The zero-order valence-electron chi connectivity index (χ0n) is 19.9. The van der Waals surface area contributed by atoms with Gasteiger partial charge in [0.15, 0.2) is 23.9 Å². The van der Waals surface area contributed by atoms with Crippen LogP contribution >= 0.6 is 0 Å². The van der Waals surface area contributed by atoms with Crippen LogP contribution in [0.4, 0.5) is 5.69 Å². The van der Waals surface area contributed by atoms with Crippen LogP contribution in [-0.2, 0) is 14.9 Å². The maximum Gasteiger partial charge on any atom is 0.339 e. The number of para-hydroxylation sites is 1.